The highest BCUT2D eigenvalue weighted by Crippen LogP contribution is 2.68. The van der Waals surface area contributed by atoms with Crippen molar-refractivity contribution in [3.8, 4) is 0 Å². The lowest BCUT2D eigenvalue weighted by molar-refractivity contribution is -0.142. The number of aliphatic carboxylic acids is 1. The van der Waals surface area contributed by atoms with Gasteiger partial charge in [0, 0.05) is 12.3 Å². The molecule has 1 aliphatic rings. The van der Waals surface area contributed by atoms with Gasteiger partial charge in [-0.1, -0.05) is 27.7 Å². The predicted molar refractivity (Wildman–Crippen MR) is 69.0 cm³/mol. The van der Waals surface area contributed by atoms with E-state index in [-0.39, 0.29) is 35.5 Å². The van der Waals surface area contributed by atoms with E-state index in [1.165, 1.54) is 0 Å². The van der Waals surface area contributed by atoms with Gasteiger partial charge in [-0.05, 0) is 17.3 Å². The summed E-state index contributed by atoms with van der Waals surface area (Å²) in [5.41, 5.74) is 4.69. The van der Waals surface area contributed by atoms with Crippen LogP contribution in [0.4, 0.5) is 0 Å². The average Bonchev–Trinajstić information content (AvgIpc) is 2.63. The molecule has 6 heteroatoms. The molecule has 2 amide bonds. The molecule has 0 spiro atoms. The normalized spacial score (nSPS) is 21.5. The van der Waals surface area contributed by atoms with Crippen molar-refractivity contribution in [2.75, 3.05) is 0 Å². The van der Waals surface area contributed by atoms with E-state index in [1.807, 2.05) is 27.7 Å². The summed E-state index contributed by atoms with van der Waals surface area (Å²) in [4.78, 5) is 33.8. The Morgan fingerprint density at radius 3 is 2.00 bits per heavy atom. The topological polar surface area (TPSA) is 109 Å². The van der Waals surface area contributed by atoms with Gasteiger partial charge >= 0.3 is 5.97 Å². The summed E-state index contributed by atoms with van der Waals surface area (Å²) >= 11 is 0. The zero-order valence-corrected chi connectivity index (χ0v) is 11.8. The molecular weight excluding hydrogens is 248 g/mol. The van der Waals surface area contributed by atoms with Gasteiger partial charge in [0.05, 0.1) is 0 Å². The highest BCUT2D eigenvalue weighted by molar-refractivity contribution is 5.88. The molecule has 6 nitrogen and oxygen atoms in total. The Bertz CT molecular complexity index is 401. The number of carboxylic acid groups (broad SMARTS) is 1. The Morgan fingerprint density at radius 1 is 1.21 bits per heavy atom. The fourth-order valence-corrected chi connectivity index (χ4v) is 2.65. The molecule has 4 N–H and O–H groups in total. The monoisotopic (exact) mass is 270 g/mol. The van der Waals surface area contributed by atoms with Crippen molar-refractivity contribution in [1.82, 2.24) is 5.32 Å². The number of carbonyl (C=O) groups excluding carboxylic acids is 2. The molecule has 0 aromatic heterocycles. The van der Waals surface area contributed by atoms with Gasteiger partial charge in [0.15, 0.2) is 0 Å². The van der Waals surface area contributed by atoms with Gasteiger partial charge in [0.2, 0.25) is 11.8 Å². The van der Waals surface area contributed by atoms with Gasteiger partial charge in [0.25, 0.3) is 0 Å². The van der Waals surface area contributed by atoms with Crippen molar-refractivity contribution in [3.05, 3.63) is 0 Å². The second-order valence-electron chi connectivity index (χ2n) is 6.28. The minimum absolute atomic E-state index is 0.0178. The zero-order chi connectivity index (χ0) is 15.0. The number of amides is 2. The maximum atomic E-state index is 12.1. The third-order valence-electron chi connectivity index (χ3n) is 4.58. The molecule has 0 aliphatic heterocycles. The fourth-order valence-electron chi connectivity index (χ4n) is 2.65. The minimum Gasteiger partial charge on any atom is -0.480 e. The summed E-state index contributed by atoms with van der Waals surface area (Å²) in [5, 5.41) is 11.5. The first-order valence-corrected chi connectivity index (χ1v) is 6.33. The molecule has 1 fully saturated rings. The third-order valence-corrected chi connectivity index (χ3v) is 4.58. The molecule has 0 saturated heterocycles. The molecular formula is C13H22N2O4. The molecule has 1 rings (SSSR count). The molecule has 0 aromatic carbocycles. The Balaban J connectivity index is 2.64. The van der Waals surface area contributed by atoms with Gasteiger partial charge in [-0.25, -0.2) is 4.79 Å². The summed E-state index contributed by atoms with van der Waals surface area (Å²) < 4.78 is 0. The van der Waals surface area contributed by atoms with E-state index in [0.29, 0.717) is 0 Å². The van der Waals surface area contributed by atoms with Crippen LogP contribution in [0.5, 0.6) is 0 Å². The maximum Gasteiger partial charge on any atom is 0.326 e. The Morgan fingerprint density at radius 2 is 1.68 bits per heavy atom. The van der Waals surface area contributed by atoms with E-state index < -0.39 is 17.9 Å². The smallest absolute Gasteiger partial charge is 0.326 e. The number of nitrogens with two attached hydrogens (primary N) is 1. The van der Waals surface area contributed by atoms with Crippen molar-refractivity contribution in [2.24, 2.45) is 22.5 Å². The van der Waals surface area contributed by atoms with Crippen LogP contribution < -0.4 is 11.1 Å². The fraction of sp³-hybridized carbons (Fsp3) is 0.769. The number of carbonyl (C=O) groups is 3. The van der Waals surface area contributed by atoms with Crippen molar-refractivity contribution in [2.45, 2.75) is 46.6 Å². The minimum atomic E-state index is -1.15. The second-order valence-corrected chi connectivity index (χ2v) is 6.28. The average molecular weight is 270 g/mol. The number of hydrogen-bond donors (Lipinski definition) is 3. The van der Waals surface area contributed by atoms with E-state index in [0.717, 1.165) is 0 Å². The van der Waals surface area contributed by atoms with Crippen LogP contribution in [0.25, 0.3) is 0 Å². The first kappa shape index (κ1) is 15.5. The van der Waals surface area contributed by atoms with E-state index >= 15 is 0 Å². The van der Waals surface area contributed by atoms with E-state index in [9.17, 15) is 14.4 Å². The summed E-state index contributed by atoms with van der Waals surface area (Å²) in [6.45, 7) is 7.93. The van der Waals surface area contributed by atoms with Gasteiger partial charge in [-0.3, -0.25) is 9.59 Å². The molecule has 19 heavy (non-hydrogen) atoms. The van der Waals surface area contributed by atoms with E-state index in [4.69, 9.17) is 10.8 Å². The molecule has 0 heterocycles. The summed E-state index contributed by atoms with van der Waals surface area (Å²) in [6, 6.07) is -1.06. The first-order valence-electron chi connectivity index (χ1n) is 6.33. The van der Waals surface area contributed by atoms with Crippen LogP contribution in [0.2, 0.25) is 0 Å². The summed E-state index contributed by atoms with van der Waals surface area (Å²) in [5.74, 6) is -2.21. The van der Waals surface area contributed by atoms with E-state index in [1.54, 1.807) is 0 Å². The number of carboxylic acids is 1. The SMILES string of the molecule is CC1(C)C(C(=O)N[C@H](CCC(N)=O)C(=O)O)C1(C)C. The van der Waals surface area contributed by atoms with Crippen LogP contribution in [-0.4, -0.2) is 28.9 Å². The van der Waals surface area contributed by atoms with Crippen LogP contribution >= 0.6 is 0 Å². The largest absolute Gasteiger partial charge is 0.480 e. The molecule has 108 valence electrons. The van der Waals surface area contributed by atoms with Crippen molar-refractivity contribution in [3.63, 3.8) is 0 Å². The van der Waals surface area contributed by atoms with Crippen molar-refractivity contribution in [1.29, 1.82) is 0 Å². The van der Waals surface area contributed by atoms with Crippen LogP contribution in [0.3, 0.4) is 0 Å². The molecule has 0 unspecified atom stereocenters. The first-order chi connectivity index (χ1) is 8.51. The molecule has 0 bridgehead atoms. The van der Waals surface area contributed by atoms with E-state index in [2.05, 4.69) is 5.32 Å². The predicted octanol–water partition coefficient (Wildman–Crippen LogP) is 0.504. The van der Waals surface area contributed by atoms with Crippen LogP contribution in [0, 0.1) is 16.7 Å². The molecule has 1 atom stereocenters. The standard InChI is InChI=1S/C13H22N2O4/c1-12(2)9(13(12,3)4)10(17)15-7(11(18)19)5-6-8(14)16/h7,9H,5-6H2,1-4H3,(H2,14,16)(H,15,17)(H,18,19)/t7-/m1/s1. The Hall–Kier alpha value is -1.59. The Kier molecular flexibility index (Phi) is 3.93. The van der Waals surface area contributed by atoms with Gasteiger partial charge in [-0.2, -0.15) is 0 Å². The molecule has 1 aliphatic carbocycles. The third kappa shape index (κ3) is 2.88. The number of nitrogens with one attached hydrogen (secondary N) is 1. The number of hydrogen-bond acceptors (Lipinski definition) is 3. The van der Waals surface area contributed by atoms with Crippen LogP contribution in [0.15, 0.2) is 0 Å². The second kappa shape index (κ2) is 4.83. The lowest BCUT2D eigenvalue weighted by atomic mass is 10.0. The van der Waals surface area contributed by atoms with Crippen LogP contribution in [0.1, 0.15) is 40.5 Å². The lowest BCUT2D eigenvalue weighted by Crippen LogP contribution is -2.43. The number of primary amides is 1. The maximum absolute atomic E-state index is 12.1. The van der Waals surface area contributed by atoms with Crippen molar-refractivity contribution >= 4 is 17.8 Å². The molecule has 0 radical (unpaired) electrons. The van der Waals surface area contributed by atoms with Gasteiger partial charge in [0.1, 0.15) is 6.04 Å². The molecule has 1 saturated carbocycles. The van der Waals surface area contributed by atoms with Gasteiger partial charge in [-0.15, -0.1) is 0 Å². The summed E-state index contributed by atoms with van der Waals surface area (Å²) in [7, 11) is 0. The highest BCUT2D eigenvalue weighted by Gasteiger charge is 2.68. The van der Waals surface area contributed by atoms with Crippen LogP contribution in [-0.2, 0) is 14.4 Å². The summed E-state index contributed by atoms with van der Waals surface area (Å²) in [6.07, 6.45) is -0.0430. The molecule has 0 aromatic rings. The zero-order valence-electron chi connectivity index (χ0n) is 11.8. The highest BCUT2D eigenvalue weighted by atomic mass is 16.4. The lowest BCUT2D eigenvalue weighted by Gasteiger charge is -2.14. The number of rotatable bonds is 6. The quantitative estimate of drug-likeness (QED) is 0.653. The van der Waals surface area contributed by atoms with Gasteiger partial charge < -0.3 is 16.2 Å². The van der Waals surface area contributed by atoms with Crippen molar-refractivity contribution < 1.29 is 19.5 Å². The Labute approximate surface area is 112 Å².